The molecule has 0 amide bonds. The lowest BCUT2D eigenvalue weighted by Crippen LogP contribution is -2.27. The second-order valence-electron chi connectivity index (χ2n) is 5.28. The minimum atomic E-state index is 0.0187. The average Bonchev–Trinajstić information content (AvgIpc) is 3.06. The second-order valence-corrected chi connectivity index (χ2v) is 6.23. The van der Waals surface area contributed by atoms with Gasteiger partial charge in [0, 0.05) is 23.9 Å². The molecule has 0 fully saturated rings. The van der Waals surface area contributed by atoms with Crippen LogP contribution in [0.5, 0.6) is 0 Å². The molecule has 0 bridgehead atoms. The molecule has 0 atom stereocenters. The van der Waals surface area contributed by atoms with E-state index in [9.17, 15) is 0 Å². The predicted octanol–water partition coefficient (Wildman–Crippen LogP) is 1.45. The topological polar surface area (TPSA) is 64.9 Å². The van der Waals surface area contributed by atoms with Crippen LogP contribution in [0.1, 0.15) is 24.5 Å². The van der Waals surface area contributed by atoms with E-state index in [1.807, 2.05) is 4.68 Å². The van der Waals surface area contributed by atoms with Crippen molar-refractivity contribution in [2.45, 2.75) is 32.4 Å². The van der Waals surface area contributed by atoms with Crippen LogP contribution < -0.4 is 5.32 Å². The minimum absolute atomic E-state index is 0.0187. The maximum absolute atomic E-state index is 5.00. The van der Waals surface area contributed by atoms with Gasteiger partial charge in [-0.25, -0.2) is 4.68 Å². The zero-order valence-corrected chi connectivity index (χ0v) is 13.0. The summed E-state index contributed by atoms with van der Waals surface area (Å²) in [6.07, 6.45) is 0. The number of rotatable bonds is 8. The fourth-order valence-electron chi connectivity index (χ4n) is 1.96. The van der Waals surface area contributed by atoms with Crippen molar-refractivity contribution in [2.75, 3.05) is 20.3 Å². The van der Waals surface area contributed by atoms with Gasteiger partial charge in [0.1, 0.15) is 0 Å². The first-order valence-electron chi connectivity index (χ1n) is 6.62. The Morgan fingerprint density at radius 2 is 2.30 bits per heavy atom. The van der Waals surface area contributed by atoms with Crippen molar-refractivity contribution in [3.8, 4) is 0 Å². The van der Waals surface area contributed by atoms with E-state index >= 15 is 0 Å². The fraction of sp³-hybridized carbons (Fsp3) is 0.615. The van der Waals surface area contributed by atoms with Crippen molar-refractivity contribution < 1.29 is 4.74 Å². The van der Waals surface area contributed by atoms with Gasteiger partial charge >= 0.3 is 0 Å². The Morgan fingerprint density at radius 3 is 3.00 bits per heavy atom. The van der Waals surface area contributed by atoms with Crippen molar-refractivity contribution >= 4 is 11.3 Å². The van der Waals surface area contributed by atoms with E-state index in [1.165, 1.54) is 4.88 Å². The third-order valence-corrected chi connectivity index (χ3v) is 4.34. The molecule has 1 N–H and O–H groups in total. The molecule has 0 aliphatic heterocycles. The highest BCUT2D eigenvalue weighted by molar-refractivity contribution is 7.10. The zero-order chi connectivity index (χ0) is 14.4. The average molecular weight is 295 g/mol. The van der Waals surface area contributed by atoms with Crippen LogP contribution in [0.4, 0.5) is 0 Å². The van der Waals surface area contributed by atoms with E-state index in [-0.39, 0.29) is 5.41 Å². The SMILES string of the molecule is COCCNCc1nnnn1CC(C)(C)c1cccs1. The van der Waals surface area contributed by atoms with Crippen molar-refractivity contribution in [2.24, 2.45) is 0 Å². The van der Waals surface area contributed by atoms with E-state index in [2.05, 4.69) is 52.2 Å². The molecular weight excluding hydrogens is 274 g/mol. The summed E-state index contributed by atoms with van der Waals surface area (Å²) in [7, 11) is 1.69. The van der Waals surface area contributed by atoms with Gasteiger partial charge < -0.3 is 10.1 Å². The summed E-state index contributed by atoms with van der Waals surface area (Å²) in [5, 5.41) is 17.3. The fourth-order valence-corrected chi connectivity index (χ4v) is 2.81. The second kappa shape index (κ2) is 6.92. The van der Waals surface area contributed by atoms with Crippen molar-refractivity contribution in [3.05, 3.63) is 28.2 Å². The summed E-state index contributed by atoms with van der Waals surface area (Å²) in [5.74, 6) is 0.853. The predicted molar refractivity (Wildman–Crippen MR) is 78.7 cm³/mol. The third kappa shape index (κ3) is 3.84. The lowest BCUT2D eigenvalue weighted by molar-refractivity contribution is 0.198. The van der Waals surface area contributed by atoms with E-state index in [4.69, 9.17) is 4.74 Å². The molecule has 7 heteroatoms. The minimum Gasteiger partial charge on any atom is -0.383 e. The number of hydrogen-bond acceptors (Lipinski definition) is 6. The van der Waals surface area contributed by atoms with Crippen molar-refractivity contribution in [3.63, 3.8) is 0 Å². The first-order chi connectivity index (χ1) is 9.63. The van der Waals surface area contributed by atoms with E-state index < -0.39 is 0 Å². The molecule has 2 heterocycles. The molecule has 0 saturated heterocycles. The summed E-state index contributed by atoms with van der Waals surface area (Å²) in [6, 6.07) is 4.24. The number of nitrogens with zero attached hydrogens (tertiary/aromatic N) is 4. The van der Waals surface area contributed by atoms with Gasteiger partial charge in [0.05, 0.1) is 19.7 Å². The van der Waals surface area contributed by atoms with Crippen molar-refractivity contribution in [1.29, 1.82) is 0 Å². The smallest absolute Gasteiger partial charge is 0.165 e. The number of thiophene rings is 1. The number of aromatic nitrogens is 4. The third-order valence-electron chi connectivity index (χ3n) is 3.11. The molecule has 0 aliphatic rings. The number of methoxy groups -OCH3 is 1. The quantitative estimate of drug-likeness (QED) is 0.747. The van der Waals surface area contributed by atoms with Crippen LogP contribution in [0.15, 0.2) is 17.5 Å². The first-order valence-corrected chi connectivity index (χ1v) is 7.50. The van der Waals surface area contributed by atoms with Gasteiger partial charge in [-0.2, -0.15) is 0 Å². The van der Waals surface area contributed by atoms with Gasteiger partial charge in [0.25, 0.3) is 0 Å². The number of tetrazole rings is 1. The Kier molecular flexibility index (Phi) is 5.22. The van der Waals surface area contributed by atoms with E-state index in [1.54, 1.807) is 18.4 Å². The van der Waals surface area contributed by atoms with Gasteiger partial charge in [-0.3, -0.25) is 0 Å². The molecule has 0 saturated carbocycles. The standard InChI is InChI=1S/C13H21N5OS/c1-13(2,11-5-4-8-20-11)10-18-12(15-16-17-18)9-14-6-7-19-3/h4-5,8,14H,6-7,9-10H2,1-3H3. The zero-order valence-electron chi connectivity index (χ0n) is 12.2. The van der Waals surface area contributed by atoms with E-state index in [0.717, 1.165) is 18.9 Å². The summed E-state index contributed by atoms with van der Waals surface area (Å²) < 4.78 is 6.88. The molecule has 0 radical (unpaired) electrons. The molecule has 2 aromatic heterocycles. The number of ether oxygens (including phenoxy) is 1. The lowest BCUT2D eigenvalue weighted by atomic mass is 9.91. The van der Waals surface area contributed by atoms with E-state index in [0.29, 0.717) is 13.2 Å². The van der Waals surface area contributed by atoms with Gasteiger partial charge in [0.2, 0.25) is 0 Å². The molecule has 0 aromatic carbocycles. The van der Waals surface area contributed by atoms with Crippen LogP contribution >= 0.6 is 11.3 Å². The van der Waals surface area contributed by atoms with Crippen LogP contribution in [0.3, 0.4) is 0 Å². The Hall–Kier alpha value is -1.31. The Morgan fingerprint density at radius 1 is 1.45 bits per heavy atom. The highest BCUT2D eigenvalue weighted by atomic mass is 32.1. The first kappa shape index (κ1) is 15.1. The van der Waals surface area contributed by atoms with Gasteiger partial charge in [-0.1, -0.05) is 19.9 Å². The summed E-state index contributed by atoms with van der Waals surface area (Å²) >= 11 is 1.77. The molecule has 0 unspecified atom stereocenters. The van der Waals surface area contributed by atoms with Crippen molar-refractivity contribution in [1.82, 2.24) is 25.5 Å². The summed E-state index contributed by atoms with van der Waals surface area (Å²) in [6.45, 7) is 7.31. The maximum atomic E-state index is 5.00. The number of nitrogens with one attached hydrogen (secondary N) is 1. The molecule has 0 aliphatic carbocycles. The van der Waals surface area contributed by atoms with Gasteiger partial charge in [-0.15, -0.1) is 16.4 Å². The van der Waals surface area contributed by atoms with Crippen LogP contribution in [-0.4, -0.2) is 40.5 Å². The maximum Gasteiger partial charge on any atom is 0.165 e. The Bertz CT molecular complexity index is 509. The lowest BCUT2D eigenvalue weighted by Gasteiger charge is -2.23. The highest BCUT2D eigenvalue weighted by Crippen LogP contribution is 2.29. The highest BCUT2D eigenvalue weighted by Gasteiger charge is 2.24. The molecular formula is C13H21N5OS. The largest absolute Gasteiger partial charge is 0.383 e. The summed E-state index contributed by atoms with van der Waals surface area (Å²) in [4.78, 5) is 1.34. The summed E-state index contributed by atoms with van der Waals surface area (Å²) in [5.41, 5.74) is 0.0187. The van der Waals surface area contributed by atoms with Crippen LogP contribution in [-0.2, 0) is 23.2 Å². The molecule has 2 aromatic rings. The van der Waals surface area contributed by atoms with Crippen LogP contribution in [0.25, 0.3) is 0 Å². The van der Waals surface area contributed by atoms with Crippen LogP contribution in [0, 0.1) is 0 Å². The normalized spacial score (nSPS) is 11.9. The monoisotopic (exact) mass is 295 g/mol. The Balaban J connectivity index is 1.98. The van der Waals surface area contributed by atoms with Crippen LogP contribution in [0.2, 0.25) is 0 Å². The molecule has 110 valence electrons. The molecule has 20 heavy (non-hydrogen) atoms. The van der Waals surface area contributed by atoms with Gasteiger partial charge in [-0.05, 0) is 21.9 Å². The molecule has 2 rings (SSSR count). The van der Waals surface area contributed by atoms with Gasteiger partial charge in [0.15, 0.2) is 5.82 Å². The Labute approximate surface area is 123 Å². The molecule has 0 spiro atoms. The number of hydrogen-bond donors (Lipinski definition) is 1. The molecule has 6 nitrogen and oxygen atoms in total.